The molecule has 1 heterocycles. The number of rotatable bonds is 5. The first-order valence-corrected chi connectivity index (χ1v) is 7.84. The lowest BCUT2D eigenvalue weighted by Crippen LogP contribution is -2.47. The third kappa shape index (κ3) is 3.51. The van der Waals surface area contributed by atoms with Crippen molar-refractivity contribution in [2.24, 2.45) is 11.7 Å². The van der Waals surface area contributed by atoms with E-state index in [9.17, 15) is 9.59 Å². The molecule has 0 saturated heterocycles. The van der Waals surface area contributed by atoms with Crippen LogP contribution in [0.2, 0.25) is 0 Å². The van der Waals surface area contributed by atoms with E-state index < -0.39 is 11.9 Å². The van der Waals surface area contributed by atoms with Crippen molar-refractivity contribution >= 4 is 23.2 Å². The van der Waals surface area contributed by atoms with Gasteiger partial charge < -0.3 is 11.1 Å². The Bertz CT molecular complexity index is 680. The van der Waals surface area contributed by atoms with Gasteiger partial charge in [-0.25, -0.2) is 4.98 Å². The van der Waals surface area contributed by atoms with Crippen LogP contribution in [0.1, 0.15) is 29.3 Å². The second-order valence-corrected chi connectivity index (χ2v) is 6.58. The van der Waals surface area contributed by atoms with Gasteiger partial charge in [0.2, 0.25) is 5.91 Å². The van der Waals surface area contributed by atoms with Gasteiger partial charge in [-0.05, 0) is 18.4 Å². The predicted octanol–water partition coefficient (Wildman–Crippen LogP) is 2.36. The Labute approximate surface area is 133 Å². The minimum absolute atomic E-state index is 0.0821. The number of hydrogen-bond donors (Lipinski definition) is 2. The number of carbonyl (C=O) groups excluding carboxylic acids is 2. The molecule has 1 aromatic carbocycles. The van der Waals surface area contributed by atoms with Gasteiger partial charge in [-0.1, -0.05) is 44.2 Å². The van der Waals surface area contributed by atoms with Crippen LogP contribution < -0.4 is 11.1 Å². The first-order chi connectivity index (χ1) is 10.4. The number of nitrogens with two attached hydrogens (primary N) is 1. The van der Waals surface area contributed by atoms with Crippen LogP contribution in [-0.4, -0.2) is 22.8 Å². The third-order valence-electron chi connectivity index (χ3n) is 3.24. The molecule has 3 N–H and O–H groups in total. The maximum Gasteiger partial charge on any atom is 0.272 e. The number of benzene rings is 1. The molecule has 0 saturated carbocycles. The smallest absolute Gasteiger partial charge is 0.272 e. The number of amides is 2. The van der Waals surface area contributed by atoms with Crippen molar-refractivity contribution in [3.63, 3.8) is 0 Å². The first-order valence-electron chi connectivity index (χ1n) is 7.03. The summed E-state index contributed by atoms with van der Waals surface area (Å²) in [5, 5.41) is 3.48. The summed E-state index contributed by atoms with van der Waals surface area (Å²) >= 11 is 1.45. The topological polar surface area (TPSA) is 85.1 Å². The van der Waals surface area contributed by atoms with Crippen LogP contribution in [0.3, 0.4) is 0 Å². The highest BCUT2D eigenvalue weighted by Gasteiger charge is 2.25. The Kier molecular flexibility index (Phi) is 4.92. The van der Waals surface area contributed by atoms with Crippen molar-refractivity contribution in [3.05, 3.63) is 41.0 Å². The van der Waals surface area contributed by atoms with Gasteiger partial charge in [-0.3, -0.25) is 9.59 Å². The van der Waals surface area contributed by atoms with Crippen molar-refractivity contribution in [3.8, 4) is 10.4 Å². The molecule has 0 aliphatic heterocycles. The Morgan fingerprint density at radius 3 is 2.41 bits per heavy atom. The summed E-state index contributed by atoms with van der Waals surface area (Å²) in [5.41, 5.74) is 6.61. The maximum atomic E-state index is 12.5. The largest absolute Gasteiger partial charge is 0.368 e. The molecule has 0 unspecified atom stereocenters. The number of hydrogen-bond acceptors (Lipinski definition) is 4. The Morgan fingerprint density at radius 1 is 1.23 bits per heavy atom. The molecular weight excluding hydrogens is 298 g/mol. The number of thiazole rings is 1. The van der Waals surface area contributed by atoms with Crippen LogP contribution in [0.5, 0.6) is 0 Å². The van der Waals surface area contributed by atoms with E-state index in [1.165, 1.54) is 11.3 Å². The lowest BCUT2D eigenvalue weighted by atomic mass is 10.0. The van der Waals surface area contributed by atoms with Crippen molar-refractivity contribution in [2.75, 3.05) is 0 Å². The molecule has 2 rings (SSSR count). The molecule has 1 aromatic heterocycles. The molecule has 1 atom stereocenters. The summed E-state index contributed by atoms with van der Waals surface area (Å²) in [6.07, 6.45) is 0. The van der Waals surface area contributed by atoms with E-state index >= 15 is 0 Å². The van der Waals surface area contributed by atoms with E-state index in [0.29, 0.717) is 5.69 Å². The minimum atomic E-state index is -0.710. The van der Waals surface area contributed by atoms with Crippen LogP contribution >= 0.6 is 11.3 Å². The zero-order valence-electron chi connectivity index (χ0n) is 12.8. The van der Waals surface area contributed by atoms with Gasteiger partial charge in [-0.2, -0.15) is 0 Å². The second-order valence-electron chi connectivity index (χ2n) is 5.37. The lowest BCUT2D eigenvalue weighted by molar-refractivity contribution is -0.120. The normalized spacial score (nSPS) is 12.2. The molecule has 22 heavy (non-hydrogen) atoms. The van der Waals surface area contributed by atoms with E-state index in [0.717, 1.165) is 15.4 Å². The summed E-state index contributed by atoms with van der Waals surface area (Å²) < 4.78 is 0. The molecule has 6 heteroatoms. The van der Waals surface area contributed by atoms with Crippen LogP contribution in [0.25, 0.3) is 10.4 Å². The van der Waals surface area contributed by atoms with Crippen LogP contribution in [0, 0.1) is 12.8 Å². The number of primary amides is 1. The van der Waals surface area contributed by atoms with Gasteiger partial charge in [-0.15, -0.1) is 11.3 Å². The zero-order chi connectivity index (χ0) is 16.3. The molecule has 0 fully saturated rings. The van der Waals surface area contributed by atoms with E-state index in [1.807, 2.05) is 51.1 Å². The molecule has 0 bridgehead atoms. The molecule has 116 valence electrons. The fourth-order valence-electron chi connectivity index (χ4n) is 2.14. The van der Waals surface area contributed by atoms with E-state index in [2.05, 4.69) is 10.3 Å². The monoisotopic (exact) mass is 317 g/mol. The highest BCUT2D eigenvalue weighted by Crippen LogP contribution is 2.30. The Balaban J connectivity index is 2.33. The molecule has 0 radical (unpaired) electrons. The molecule has 2 aromatic rings. The molecule has 0 aliphatic carbocycles. The van der Waals surface area contributed by atoms with Gasteiger partial charge in [0.1, 0.15) is 11.7 Å². The SMILES string of the molecule is Cc1nc(C(=O)N[C@H](C(N)=O)C(C)C)c(-c2ccccc2)s1. The Morgan fingerprint density at radius 2 is 1.86 bits per heavy atom. The average molecular weight is 317 g/mol. The third-order valence-corrected chi connectivity index (χ3v) is 4.26. The highest BCUT2D eigenvalue weighted by molar-refractivity contribution is 7.15. The van der Waals surface area contributed by atoms with Crippen LogP contribution in [0.15, 0.2) is 30.3 Å². The van der Waals surface area contributed by atoms with Crippen LogP contribution in [-0.2, 0) is 4.79 Å². The van der Waals surface area contributed by atoms with Crippen LogP contribution in [0.4, 0.5) is 0 Å². The van der Waals surface area contributed by atoms with E-state index in [-0.39, 0.29) is 11.8 Å². The fraction of sp³-hybridized carbons (Fsp3) is 0.312. The molecular formula is C16H19N3O2S. The fourth-order valence-corrected chi connectivity index (χ4v) is 3.06. The van der Waals surface area contributed by atoms with Crippen molar-refractivity contribution in [1.29, 1.82) is 0 Å². The van der Waals surface area contributed by atoms with Gasteiger partial charge in [0.25, 0.3) is 5.91 Å². The van der Waals surface area contributed by atoms with E-state index in [1.54, 1.807) is 0 Å². The standard InChI is InChI=1S/C16H19N3O2S/c1-9(2)12(15(17)20)19-16(21)13-14(22-10(3)18-13)11-7-5-4-6-8-11/h4-9,12H,1-3H3,(H2,17,20)(H,19,21)/t12-/m0/s1. The highest BCUT2D eigenvalue weighted by atomic mass is 32.1. The second kappa shape index (κ2) is 6.70. The molecule has 5 nitrogen and oxygen atoms in total. The number of nitrogens with one attached hydrogen (secondary N) is 1. The summed E-state index contributed by atoms with van der Waals surface area (Å²) in [4.78, 5) is 29.1. The summed E-state index contributed by atoms with van der Waals surface area (Å²) in [6, 6.07) is 8.88. The number of aryl methyl sites for hydroxylation is 1. The van der Waals surface area contributed by atoms with Gasteiger partial charge in [0.05, 0.1) is 9.88 Å². The van der Waals surface area contributed by atoms with Gasteiger partial charge in [0, 0.05) is 0 Å². The minimum Gasteiger partial charge on any atom is -0.368 e. The lowest BCUT2D eigenvalue weighted by Gasteiger charge is -2.18. The van der Waals surface area contributed by atoms with Crippen molar-refractivity contribution in [1.82, 2.24) is 10.3 Å². The molecule has 0 spiro atoms. The molecule has 0 aliphatic rings. The maximum absolute atomic E-state index is 12.5. The summed E-state index contributed by atoms with van der Waals surface area (Å²) in [7, 11) is 0. The van der Waals surface area contributed by atoms with Gasteiger partial charge >= 0.3 is 0 Å². The average Bonchev–Trinajstić information content (AvgIpc) is 2.87. The molecule has 2 amide bonds. The number of carbonyl (C=O) groups is 2. The first kappa shape index (κ1) is 16.2. The zero-order valence-corrected chi connectivity index (χ0v) is 13.6. The number of nitrogens with zero attached hydrogens (tertiary/aromatic N) is 1. The van der Waals surface area contributed by atoms with Gasteiger partial charge in [0.15, 0.2) is 0 Å². The van der Waals surface area contributed by atoms with Crippen molar-refractivity contribution < 1.29 is 9.59 Å². The summed E-state index contributed by atoms with van der Waals surface area (Å²) in [5.74, 6) is -1.00. The predicted molar refractivity (Wildman–Crippen MR) is 87.6 cm³/mol. The van der Waals surface area contributed by atoms with E-state index in [4.69, 9.17) is 5.73 Å². The quantitative estimate of drug-likeness (QED) is 0.887. The van der Waals surface area contributed by atoms with Crippen molar-refractivity contribution in [2.45, 2.75) is 26.8 Å². The Hall–Kier alpha value is -2.21. The summed E-state index contributed by atoms with van der Waals surface area (Å²) in [6.45, 7) is 5.52. The number of aromatic nitrogens is 1.